The van der Waals surface area contributed by atoms with E-state index in [9.17, 15) is 0 Å². The van der Waals surface area contributed by atoms with E-state index >= 15 is 0 Å². The molecule has 0 saturated carbocycles. The largest absolute Gasteiger partial charge is 0.144 e. The van der Waals surface area contributed by atoms with Crippen LogP contribution in [0.1, 0.15) is 77.0 Å². The van der Waals surface area contributed by atoms with Crippen LogP contribution < -0.4 is 0 Å². The Labute approximate surface area is 180 Å². The van der Waals surface area contributed by atoms with Gasteiger partial charge >= 0.3 is 0 Å². The molecule has 2 aliphatic rings. The Balaban J connectivity index is 1.90. The summed E-state index contributed by atoms with van der Waals surface area (Å²) >= 11 is 9.17. The maximum atomic E-state index is 3.89. The summed E-state index contributed by atoms with van der Waals surface area (Å²) < 4.78 is 1.01. The standard InChI is InChI=1S/C22H38S4/c1-3-5-7-9-13-21(23-17-11-18-24-21)15-16-22(14-10-8-6-4-2)25-19-12-20-26-22/h3-4H,1-2,5-20H2. The normalized spacial score (nSPS) is 22.0. The highest BCUT2D eigenvalue weighted by molar-refractivity contribution is 8.19. The van der Waals surface area contributed by atoms with E-state index in [4.69, 9.17) is 0 Å². The van der Waals surface area contributed by atoms with E-state index < -0.39 is 0 Å². The van der Waals surface area contributed by atoms with Crippen molar-refractivity contribution < 1.29 is 0 Å². The molecule has 2 aliphatic heterocycles. The second-order valence-electron chi connectivity index (χ2n) is 7.49. The zero-order valence-corrected chi connectivity index (χ0v) is 19.8. The summed E-state index contributed by atoms with van der Waals surface area (Å²) in [6, 6.07) is 0. The van der Waals surface area contributed by atoms with Gasteiger partial charge < -0.3 is 0 Å². The number of unbranched alkanes of at least 4 members (excludes halogenated alkanes) is 4. The van der Waals surface area contributed by atoms with Crippen molar-refractivity contribution in [2.24, 2.45) is 0 Å². The lowest BCUT2D eigenvalue weighted by molar-refractivity contribution is 0.529. The van der Waals surface area contributed by atoms with Crippen molar-refractivity contribution in [1.29, 1.82) is 0 Å². The Morgan fingerprint density at radius 3 is 1.31 bits per heavy atom. The van der Waals surface area contributed by atoms with Crippen molar-refractivity contribution in [3.63, 3.8) is 0 Å². The molecule has 0 aromatic heterocycles. The van der Waals surface area contributed by atoms with Gasteiger partial charge in [-0.05, 0) is 87.2 Å². The van der Waals surface area contributed by atoms with Crippen LogP contribution in [0.25, 0.3) is 0 Å². The van der Waals surface area contributed by atoms with Gasteiger partial charge in [0, 0.05) is 0 Å². The molecule has 0 radical (unpaired) electrons. The van der Waals surface area contributed by atoms with Crippen LogP contribution >= 0.6 is 47.0 Å². The summed E-state index contributed by atoms with van der Waals surface area (Å²) in [4.78, 5) is 0. The van der Waals surface area contributed by atoms with E-state index in [1.165, 1.54) is 100 Å². The van der Waals surface area contributed by atoms with Crippen LogP contribution in [0.3, 0.4) is 0 Å². The van der Waals surface area contributed by atoms with Crippen LogP contribution in [0.5, 0.6) is 0 Å². The number of hydrogen-bond donors (Lipinski definition) is 0. The minimum atomic E-state index is 0.506. The first kappa shape index (κ1) is 23.2. The number of rotatable bonds is 13. The van der Waals surface area contributed by atoms with Crippen LogP contribution in [-0.2, 0) is 0 Å². The van der Waals surface area contributed by atoms with E-state index in [-0.39, 0.29) is 0 Å². The third kappa shape index (κ3) is 8.09. The molecule has 2 saturated heterocycles. The van der Waals surface area contributed by atoms with E-state index in [1.54, 1.807) is 0 Å². The Bertz CT molecular complexity index is 357. The van der Waals surface area contributed by atoms with Gasteiger partial charge in [-0.15, -0.1) is 60.2 Å². The molecule has 0 spiro atoms. The summed E-state index contributed by atoms with van der Waals surface area (Å²) in [5, 5.41) is 0. The van der Waals surface area contributed by atoms with Crippen molar-refractivity contribution in [3.05, 3.63) is 25.3 Å². The molecule has 0 N–H and O–H groups in total. The van der Waals surface area contributed by atoms with Crippen LogP contribution in [0, 0.1) is 0 Å². The summed E-state index contributed by atoms with van der Waals surface area (Å²) in [5.74, 6) is 5.50. The highest BCUT2D eigenvalue weighted by Gasteiger charge is 2.39. The molecule has 0 aliphatic carbocycles. The first-order chi connectivity index (χ1) is 12.7. The smallest absolute Gasteiger partial charge is 0.0611 e. The Hall–Kier alpha value is 0.880. The molecule has 0 amide bonds. The molecule has 2 fully saturated rings. The van der Waals surface area contributed by atoms with Crippen LogP contribution in [0.15, 0.2) is 25.3 Å². The average Bonchev–Trinajstić information content (AvgIpc) is 2.69. The molecule has 150 valence electrons. The molecular formula is C22H38S4. The van der Waals surface area contributed by atoms with Crippen LogP contribution in [-0.4, -0.2) is 31.2 Å². The van der Waals surface area contributed by atoms with Gasteiger partial charge in [0.05, 0.1) is 8.16 Å². The van der Waals surface area contributed by atoms with Gasteiger partial charge in [-0.2, -0.15) is 0 Å². The fourth-order valence-electron chi connectivity index (χ4n) is 3.81. The van der Waals surface area contributed by atoms with Crippen LogP contribution in [0.2, 0.25) is 0 Å². The average molecular weight is 431 g/mol. The topological polar surface area (TPSA) is 0 Å². The number of hydrogen-bond acceptors (Lipinski definition) is 4. The lowest BCUT2D eigenvalue weighted by atomic mass is 10.0. The zero-order chi connectivity index (χ0) is 18.6. The number of thioether (sulfide) groups is 4. The fraction of sp³-hybridized carbons (Fsp3) is 0.818. The van der Waals surface area contributed by atoms with Crippen molar-refractivity contribution in [1.82, 2.24) is 0 Å². The molecular weight excluding hydrogens is 393 g/mol. The third-order valence-electron chi connectivity index (χ3n) is 5.36. The van der Waals surface area contributed by atoms with Crippen molar-refractivity contribution in [2.75, 3.05) is 23.0 Å². The quantitative estimate of drug-likeness (QED) is 0.212. The molecule has 0 aromatic carbocycles. The monoisotopic (exact) mass is 430 g/mol. The minimum absolute atomic E-state index is 0.506. The molecule has 4 heteroatoms. The molecule has 0 aromatic rings. The van der Waals surface area contributed by atoms with E-state index in [0.29, 0.717) is 8.16 Å². The summed E-state index contributed by atoms with van der Waals surface area (Å²) in [7, 11) is 0. The van der Waals surface area contributed by atoms with Gasteiger partial charge in [0.1, 0.15) is 0 Å². The highest BCUT2D eigenvalue weighted by atomic mass is 32.2. The first-order valence-electron chi connectivity index (χ1n) is 10.5. The second-order valence-corrected chi connectivity index (χ2v) is 13.9. The maximum Gasteiger partial charge on any atom is 0.0611 e. The summed E-state index contributed by atoms with van der Waals surface area (Å²) in [6.07, 6.45) is 20.4. The van der Waals surface area contributed by atoms with Crippen molar-refractivity contribution in [2.45, 2.75) is 85.2 Å². The molecule has 0 unspecified atom stereocenters. The third-order valence-corrected chi connectivity index (χ3v) is 12.5. The minimum Gasteiger partial charge on any atom is -0.144 e. The lowest BCUT2D eigenvalue weighted by Gasteiger charge is -2.42. The Kier molecular flexibility index (Phi) is 11.7. The number of allylic oxidation sites excluding steroid dienone is 2. The second kappa shape index (κ2) is 13.2. The van der Waals surface area contributed by atoms with Gasteiger partial charge in [0.15, 0.2) is 0 Å². The predicted octanol–water partition coefficient (Wildman–Crippen LogP) is 8.39. The van der Waals surface area contributed by atoms with Crippen molar-refractivity contribution in [3.8, 4) is 0 Å². The Morgan fingerprint density at radius 2 is 0.962 bits per heavy atom. The Morgan fingerprint density at radius 1 is 0.577 bits per heavy atom. The summed E-state index contributed by atoms with van der Waals surface area (Å²) in [6.45, 7) is 7.78. The molecule has 0 nitrogen and oxygen atoms in total. The highest BCUT2D eigenvalue weighted by Crippen LogP contribution is 2.55. The maximum absolute atomic E-state index is 3.89. The van der Waals surface area contributed by atoms with E-state index in [0.717, 1.165) is 0 Å². The molecule has 2 rings (SSSR count). The van der Waals surface area contributed by atoms with Gasteiger partial charge in [-0.25, -0.2) is 0 Å². The molecule has 0 bridgehead atoms. The van der Waals surface area contributed by atoms with Gasteiger partial charge in [-0.3, -0.25) is 0 Å². The van der Waals surface area contributed by atoms with Crippen LogP contribution in [0.4, 0.5) is 0 Å². The molecule has 2 heterocycles. The van der Waals surface area contributed by atoms with E-state index in [1.807, 2.05) is 0 Å². The van der Waals surface area contributed by atoms with Gasteiger partial charge in [0.2, 0.25) is 0 Å². The van der Waals surface area contributed by atoms with E-state index in [2.05, 4.69) is 72.4 Å². The fourth-order valence-corrected chi connectivity index (χ4v) is 10.6. The first-order valence-corrected chi connectivity index (χ1v) is 14.5. The lowest BCUT2D eigenvalue weighted by Crippen LogP contribution is -2.31. The molecule has 26 heavy (non-hydrogen) atoms. The predicted molar refractivity (Wildman–Crippen MR) is 131 cm³/mol. The van der Waals surface area contributed by atoms with Gasteiger partial charge in [-0.1, -0.05) is 25.0 Å². The zero-order valence-electron chi connectivity index (χ0n) is 16.5. The van der Waals surface area contributed by atoms with Crippen molar-refractivity contribution >= 4 is 47.0 Å². The van der Waals surface area contributed by atoms with Gasteiger partial charge in [0.25, 0.3) is 0 Å². The summed E-state index contributed by atoms with van der Waals surface area (Å²) in [5.41, 5.74) is 0. The SMILES string of the molecule is C=CCCCCC1(CCC2(CCCCC=C)SCCCS2)SCCCS1. The molecule has 0 atom stereocenters.